The summed E-state index contributed by atoms with van der Waals surface area (Å²) in [7, 11) is 0. The number of hydrogen-bond acceptors (Lipinski definition) is 4. The lowest BCUT2D eigenvalue weighted by atomic mass is 10.1. The van der Waals surface area contributed by atoms with Crippen molar-refractivity contribution in [3.63, 3.8) is 0 Å². The average molecular weight is 295 g/mol. The monoisotopic (exact) mass is 294 g/mol. The van der Waals surface area contributed by atoms with Crippen LogP contribution in [0.15, 0.2) is 29.6 Å². The van der Waals surface area contributed by atoms with Gasteiger partial charge in [-0.1, -0.05) is 17.7 Å². The quantitative estimate of drug-likeness (QED) is 0.490. The van der Waals surface area contributed by atoms with E-state index in [2.05, 4.69) is 0 Å². The van der Waals surface area contributed by atoms with E-state index in [0.717, 1.165) is 0 Å². The van der Waals surface area contributed by atoms with Gasteiger partial charge in [0, 0.05) is 18.1 Å². The first kappa shape index (κ1) is 13.8. The van der Waals surface area contributed by atoms with Gasteiger partial charge in [-0.3, -0.25) is 9.59 Å². The lowest BCUT2D eigenvalue weighted by Crippen LogP contribution is -2.06. The van der Waals surface area contributed by atoms with E-state index >= 15 is 0 Å². The summed E-state index contributed by atoms with van der Waals surface area (Å²) in [6, 6.07) is 6.73. The van der Waals surface area contributed by atoms with E-state index in [1.807, 2.05) is 11.4 Å². The van der Waals surface area contributed by atoms with Gasteiger partial charge in [-0.05, 0) is 30.5 Å². The molecule has 0 radical (unpaired) electrons. The number of hydrogen-bond donors (Lipinski definition) is 0. The van der Waals surface area contributed by atoms with Gasteiger partial charge in [0.2, 0.25) is 5.78 Å². The van der Waals surface area contributed by atoms with Gasteiger partial charge in [0.25, 0.3) is 0 Å². The third-order valence-corrected chi connectivity index (χ3v) is 3.94. The van der Waals surface area contributed by atoms with E-state index in [0.29, 0.717) is 26.8 Å². The molecule has 2 aromatic rings. The predicted octanol–water partition coefficient (Wildman–Crippen LogP) is 3.87. The number of ketones is 1. The molecule has 0 saturated carbocycles. The SMILES string of the molecule is CC(=O)Oc1ccc(C(=O)c2cccs2)c(Cl)c1C. The number of benzene rings is 1. The molecule has 2 rings (SSSR count). The van der Waals surface area contributed by atoms with Crippen LogP contribution in [0, 0.1) is 6.92 Å². The summed E-state index contributed by atoms with van der Waals surface area (Å²) < 4.78 is 5.02. The van der Waals surface area contributed by atoms with Crippen molar-refractivity contribution in [3.8, 4) is 5.75 Å². The van der Waals surface area contributed by atoms with E-state index in [-0.39, 0.29) is 5.78 Å². The highest BCUT2D eigenvalue weighted by Gasteiger charge is 2.17. The minimum Gasteiger partial charge on any atom is -0.426 e. The molecular formula is C14H11ClO3S. The molecule has 1 aromatic heterocycles. The summed E-state index contributed by atoms with van der Waals surface area (Å²) in [5.41, 5.74) is 0.997. The first-order valence-corrected chi connectivity index (χ1v) is 6.82. The second kappa shape index (κ2) is 5.55. The predicted molar refractivity (Wildman–Crippen MR) is 75.2 cm³/mol. The van der Waals surface area contributed by atoms with E-state index in [1.165, 1.54) is 18.3 Å². The van der Waals surface area contributed by atoms with E-state index < -0.39 is 5.97 Å². The van der Waals surface area contributed by atoms with Crippen LogP contribution in [0.5, 0.6) is 5.75 Å². The molecular weight excluding hydrogens is 284 g/mol. The molecule has 0 fully saturated rings. The van der Waals surface area contributed by atoms with Crippen molar-refractivity contribution in [1.82, 2.24) is 0 Å². The first-order chi connectivity index (χ1) is 9.00. The lowest BCUT2D eigenvalue weighted by molar-refractivity contribution is -0.131. The Morgan fingerprint density at radius 1 is 1.26 bits per heavy atom. The highest BCUT2D eigenvalue weighted by atomic mass is 35.5. The summed E-state index contributed by atoms with van der Waals surface area (Å²) in [6.45, 7) is 3.03. The van der Waals surface area contributed by atoms with Crippen LogP contribution in [0.4, 0.5) is 0 Å². The maximum Gasteiger partial charge on any atom is 0.308 e. The molecule has 0 bridgehead atoms. The number of ether oxygens (including phenoxy) is 1. The summed E-state index contributed by atoms with van der Waals surface area (Å²) >= 11 is 7.55. The molecule has 0 aliphatic heterocycles. The van der Waals surface area contributed by atoms with Crippen LogP contribution in [0.25, 0.3) is 0 Å². The topological polar surface area (TPSA) is 43.4 Å². The molecule has 0 atom stereocenters. The van der Waals surface area contributed by atoms with Gasteiger partial charge < -0.3 is 4.74 Å². The van der Waals surface area contributed by atoms with Crippen LogP contribution in [0.1, 0.15) is 27.7 Å². The van der Waals surface area contributed by atoms with E-state index in [4.69, 9.17) is 16.3 Å². The van der Waals surface area contributed by atoms with Gasteiger partial charge in [-0.25, -0.2) is 0 Å². The zero-order valence-corrected chi connectivity index (χ0v) is 12.0. The number of carbonyl (C=O) groups is 2. The first-order valence-electron chi connectivity index (χ1n) is 5.56. The number of rotatable bonds is 3. The molecule has 0 unspecified atom stereocenters. The van der Waals surface area contributed by atoms with Crippen molar-refractivity contribution in [2.24, 2.45) is 0 Å². The maximum absolute atomic E-state index is 12.2. The fourth-order valence-corrected chi connectivity index (χ4v) is 2.57. The van der Waals surface area contributed by atoms with E-state index in [1.54, 1.807) is 25.1 Å². The molecule has 5 heteroatoms. The van der Waals surface area contributed by atoms with Crippen molar-refractivity contribution >= 4 is 34.7 Å². The lowest BCUT2D eigenvalue weighted by Gasteiger charge is -2.10. The van der Waals surface area contributed by atoms with E-state index in [9.17, 15) is 9.59 Å². The minimum atomic E-state index is -0.420. The highest BCUT2D eigenvalue weighted by molar-refractivity contribution is 7.12. The Balaban J connectivity index is 2.41. The summed E-state index contributed by atoms with van der Waals surface area (Å²) in [5, 5.41) is 2.15. The average Bonchev–Trinajstić information content (AvgIpc) is 2.88. The molecule has 3 nitrogen and oxygen atoms in total. The number of thiophene rings is 1. The standard InChI is InChI=1S/C14H11ClO3S/c1-8-11(18-9(2)16)6-5-10(13(8)15)14(17)12-4-3-7-19-12/h3-7H,1-2H3. The summed E-state index contributed by atoms with van der Waals surface area (Å²) in [5.74, 6) is -0.172. The van der Waals surface area contributed by atoms with Crippen molar-refractivity contribution in [1.29, 1.82) is 0 Å². The molecule has 0 spiro atoms. The van der Waals surface area contributed by atoms with Gasteiger partial charge in [0.05, 0.1) is 9.90 Å². The Kier molecular flexibility index (Phi) is 4.02. The molecule has 19 heavy (non-hydrogen) atoms. The smallest absolute Gasteiger partial charge is 0.308 e. The van der Waals surface area contributed by atoms with Crippen LogP contribution < -0.4 is 4.74 Å². The summed E-state index contributed by atoms with van der Waals surface area (Å²) in [4.78, 5) is 23.8. The van der Waals surface area contributed by atoms with Crippen molar-refractivity contribution < 1.29 is 14.3 Å². The van der Waals surface area contributed by atoms with Crippen LogP contribution >= 0.6 is 22.9 Å². The van der Waals surface area contributed by atoms with Gasteiger partial charge in [-0.15, -0.1) is 11.3 Å². The van der Waals surface area contributed by atoms with Crippen LogP contribution in [-0.4, -0.2) is 11.8 Å². The molecule has 0 aliphatic rings. The zero-order chi connectivity index (χ0) is 14.0. The van der Waals surface area contributed by atoms with Gasteiger partial charge in [0.15, 0.2) is 0 Å². The Bertz CT molecular complexity index is 632. The zero-order valence-electron chi connectivity index (χ0n) is 10.4. The molecule has 0 amide bonds. The van der Waals surface area contributed by atoms with Crippen molar-refractivity contribution in [2.75, 3.05) is 0 Å². The summed E-state index contributed by atoms with van der Waals surface area (Å²) in [6.07, 6.45) is 0. The second-order valence-electron chi connectivity index (χ2n) is 3.95. The van der Waals surface area contributed by atoms with Crippen molar-refractivity contribution in [3.05, 3.63) is 50.7 Å². The fourth-order valence-electron chi connectivity index (χ4n) is 1.65. The molecule has 98 valence electrons. The maximum atomic E-state index is 12.2. The third kappa shape index (κ3) is 2.85. The molecule has 0 aliphatic carbocycles. The van der Waals surface area contributed by atoms with Crippen LogP contribution in [-0.2, 0) is 4.79 Å². The normalized spacial score (nSPS) is 10.3. The number of carbonyl (C=O) groups excluding carboxylic acids is 2. The molecule has 1 heterocycles. The number of esters is 1. The third-order valence-electron chi connectivity index (χ3n) is 2.58. The largest absolute Gasteiger partial charge is 0.426 e. The fraction of sp³-hybridized carbons (Fsp3) is 0.143. The minimum absolute atomic E-state index is 0.127. The highest BCUT2D eigenvalue weighted by Crippen LogP contribution is 2.31. The molecule has 0 saturated heterocycles. The Morgan fingerprint density at radius 3 is 2.58 bits per heavy atom. The van der Waals surface area contributed by atoms with Crippen molar-refractivity contribution in [2.45, 2.75) is 13.8 Å². The second-order valence-corrected chi connectivity index (χ2v) is 5.28. The van der Waals surface area contributed by atoms with Gasteiger partial charge >= 0.3 is 5.97 Å². The van der Waals surface area contributed by atoms with Crippen LogP contribution in [0.3, 0.4) is 0 Å². The van der Waals surface area contributed by atoms with Gasteiger partial charge in [-0.2, -0.15) is 0 Å². The van der Waals surface area contributed by atoms with Crippen LogP contribution in [0.2, 0.25) is 5.02 Å². The molecule has 0 N–H and O–H groups in total. The molecule has 1 aromatic carbocycles. The Labute approximate surface area is 119 Å². The Morgan fingerprint density at radius 2 is 2.00 bits per heavy atom. The number of halogens is 1. The Hall–Kier alpha value is -1.65. The van der Waals surface area contributed by atoms with Gasteiger partial charge in [0.1, 0.15) is 5.75 Å².